The first-order chi connectivity index (χ1) is 16.9. The Hall–Kier alpha value is -3.88. The summed E-state index contributed by atoms with van der Waals surface area (Å²) in [5.41, 5.74) is 2.46. The van der Waals surface area contributed by atoms with E-state index in [4.69, 9.17) is 23.7 Å². The van der Waals surface area contributed by atoms with Crippen LogP contribution in [0.25, 0.3) is 6.08 Å². The van der Waals surface area contributed by atoms with Crippen LogP contribution in [0.15, 0.2) is 60.7 Å². The monoisotopic (exact) mass is 480 g/mol. The normalized spacial score (nSPS) is 20.0. The molecule has 3 atom stereocenters. The molecule has 0 unspecified atom stereocenters. The van der Waals surface area contributed by atoms with Crippen LogP contribution in [0.1, 0.15) is 28.7 Å². The van der Waals surface area contributed by atoms with Gasteiger partial charge in [0.05, 0.1) is 34.0 Å². The molecule has 4 rings (SSSR count). The molecule has 1 fully saturated rings. The van der Waals surface area contributed by atoms with Crippen LogP contribution in [0.2, 0.25) is 0 Å². The number of ether oxygens (including phenoxy) is 5. The van der Waals surface area contributed by atoms with E-state index in [2.05, 4.69) is 0 Å². The van der Waals surface area contributed by atoms with Crippen LogP contribution < -0.4 is 14.2 Å². The second-order valence-electron chi connectivity index (χ2n) is 8.02. The van der Waals surface area contributed by atoms with Crippen molar-refractivity contribution in [3.8, 4) is 34.5 Å². The Kier molecular flexibility index (Phi) is 7.33. The van der Waals surface area contributed by atoms with Gasteiger partial charge in [0.1, 0.15) is 0 Å². The lowest BCUT2D eigenvalue weighted by Crippen LogP contribution is -2.32. The Balaban J connectivity index is 1.65. The molecule has 0 amide bonds. The Morgan fingerprint density at radius 2 is 1.29 bits per heavy atom. The molecule has 0 aliphatic carbocycles. The van der Waals surface area contributed by atoms with Crippen LogP contribution in [0.5, 0.6) is 34.5 Å². The Labute approximate surface area is 203 Å². The number of hydrogen-bond acceptors (Lipinski definition) is 8. The van der Waals surface area contributed by atoms with Crippen molar-refractivity contribution >= 4 is 6.08 Å². The fourth-order valence-electron chi connectivity index (χ4n) is 4.03. The van der Waals surface area contributed by atoms with Gasteiger partial charge in [-0.25, -0.2) is 0 Å². The van der Waals surface area contributed by atoms with Crippen molar-refractivity contribution in [2.45, 2.75) is 18.3 Å². The number of phenolic OH excluding ortho intramolecular Hbond substituents is 3. The van der Waals surface area contributed by atoms with Gasteiger partial charge in [0, 0.05) is 5.92 Å². The van der Waals surface area contributed by atoms with E-state index >= 15 is 0 Å². The quantitative estimate of drug-likeness (QED) is 0.445. The lowest BCUT2D eigenvalue weighted by Gasteiger charge is -2.36. The van der Waals surface area contributed by atoms with Crippen LogP contribution >= 0.6 is 0 Å². The Morgan fingerprint density at radius 1 is 0.743 bits per heavy atom. The average molecular weight is 481 g/mol. The summed E-state index contributed by atoms with van der Waals surface area (Å²) < 4.78 is 28.1. The third-order valence-electron chi connectivity index (χ3n) is 5.90. The maximum atomic E-state index is 10.1. The minimum Gasteiger partial charge on any atom is -0.504 e. The predicted octanol–water partition coefficient (Wildman–Crippen LogP) is 4.74. The molecule has 1 aliphatic heterocycles. The summed E-state index contributed by atoms with van der Waals surface area (Å²) in [4.78, 5) is 0. The van der Waals surface area contributed by atoms with Crippen LogP contribution in [-0.4, -0.2) is 49.5 Å². The van der Waals surface area contributed by atoms with Gasteiger partial charge < -0.3 is 39.0 Å². The number of benzene rings is 3. The van der Waals surface area contributed by atoms with Crippen molar-refractivity contribution in [1.82, 2.24) is 0 Å². The Bertz CT molecular complexity index is 1210. The average Bonchev–Trinajstić information content (AvgIpc) is 2.88. The molecule has 35 heavy (non-hydrogen) atoms. The molecule has 0 aromatic heterocycles. The van der Waals surface area contributed by atoms with Crippen molar-refractivity contribution in [2.24, 2.45) is 0 Å². The third-order valence-corrected chi connectivity index (χ3v) is 5.90. The fraction of sp³-hybridized carbons (Fsp3) is 0.259. The molecule has 8 nitrogen and oxygen atoms in total. The van der Waals surface area contributed by atoms with Gasteiger partial charge in [-0.05, 0) is 59.2 Å². The highest BCUT2D eigenvalue weighted by Crippen LogP contribution is 2.43. The number of phenols is 3. The molecular formula is C27H28O8. The number of hydrogen-bond donors (Lipinski definition) is 3. The minimum atomic E-state index is -0.658. The van der Waals surface area contributed by atoms with Gasteiger partial charge in [-0.1, -0.05) is 24.3 Å². The number of methoxy groups -OCH3 is 3. The summed E-state index contributed by atoms with van der Waals surface area (Å²) in [5.74, 6) is 0.968. The van der Waals surface area contributed by atoms with Crippen LogP contribution in [0, 0.1) is 0 Å². The maximum absolute atomic E-state index is 10.1. The lowest BCUT2D eigenvalue weighted by atomic mass is 9.88. The number of aromatic hydroxyl groups is 3. The van der Waals surface area contributed by atoms with Gasteiger partial charge in [-0.15, -0.1) is 0 Å². The first-order valence-corrected chi connectivity index (χ1v) is 11.0. The van der Waals surface area contributed by atoms with E-state index in [1.165, 1.54) is 21.3 Å². The second-order valence-corrected chi connectivity index (χ2v) is 8.02. The van der Waals surface area contributed by atoms with Gasteiger partial charge in [0.2, 0.25) is 0 Å². The van der Waals surface area contributed by atoms with Gasteiger partial charge in [0.15, 0.2) is 40.8 Å². The van der Waals surface area contributed by atoms with Crippen LogP contribution in [-0.2, 0) is 9.47 Å². The smallest absolute Gasteiger partial charge is 0.177 e. The molecule has 8 heteroatoms. The molecule has 184 valence electrons. The van der Waals surface area contributed by atoms with Crippen molar-refractivity contribution in [3.05, 3.63) is 77.4 Å². The van der Waals surface area contributed by atoms with E-state index in [0.29, 0.717) is 23.9 Å². The van der Waals surface area contributed by atoms with Gasteiger partial charge in [-0.3, -0.25) is 0 Å². The molecule has 1 aliphatic rings. The second kappa shape index (κ2) is 10.6. The van der Waals surface area contributed by atoms with E-state index in [-0.39, 0.29) is 23.2 Å². The first kappa shape index (κ1) is 24.3. The highest BCUT2D eigenvalue weighted by atomic mass is 16.7. The predicted molar refractivity (Wildman–Crippen MR) is 129 cm³/mol. The molecule has 3 aromatic carbocycles. The van der Waals surface area contributed by atoms with Crippen molar-refractivity contribution < 1.29 is 39.0 Å². The largest absolute Gasteiger partial charge is 0.504 e. The van der Waals surface area contributed by atoms with Gasteiger partial charge in [0.25, 0.3) is 0 Å². The van der Waals surface area contributed by atoms with Crippen LogP contribution in [0.3, 0.4) is 0 Å². The third kappa shape index (κ3) is 5.29. The SMILES string of the molecule is COc1cc(/C=C/[C@H]2OC[C@H](c3ccc(O)c(OC)c3)[C@@H](c3ccc(O)c(OC)c3)O2)ccc1O. The molecule has 0 saturated carbocycles. The topological polar surface area (TPSA) is 107 Å². The molecule has 0 spiro atoms. The summed E-state index contributed by atoms with van der Waals surface area (Å²) >= 11 is 0. The van der Waals surface area contributed by atoms with E-state index in [1.807, 2.05) is 6.08 Å². The summed E-state index contributed by atoms with van der Waals surface area (Å²) in [6.45, 7) is 0.329. The molecule has 0 bridgehead atoms. The summed E-state index contributed by atoms with van der Waals surface area (Å²) in [6, 6.07) is 15.2. The molecule has 3 N–H and O–H groups in total. The van der Waals surface area contributed by atoms with E-state index in [9.17, 15) is 15.3 Å². The van der Waals surface area contributed by atoms with Gasteiger partial charge >= 0.3 is 0 Å². The van der Waals surface area contributed by atoms with E-state index in [1.54, 1.807) is 60.7 Å². The van der Waals surface area contributed by atoms with Crippen molar-refractivity contribution in [1.29, 1.82) is 0 Å². The van der Waals surface area contributed by atoms with Gasteiger partial charge in [-0.2, -0.15) is 0 Å². The fourth-order valence-corrected chi connectivity index (χ4v) is 4.03. The zero-order valence-corrected chi connectivity index (χ0v) is 19.7. The standard InChI is InChI=1S/C27H28O8/c1-31-23-12-16(4-8-20(23)28)5-11-26-34-15-19(17-6-9-21(29)24(13-17)32-2)27(35-26)18-7-10-22(30)25(14-18)33-3/h4-14,19,26-30H,15H2,1-3H3/b11-5+/t19-,26+,27-/m1/s1. The molecule has 3 aromatic rings. The number of rotatable bonds is 7. The molecule has 0 radical (unpaired) electrons. The van der Waals surface area contributed by atoms with Crippen molar-refractivity contribution in [3.63, 3.8) is 0 Å². The first-order valence-electron chi connectivity index (χ1n) is 11.0. The molecule has 1 saturated heterocycles. The molecular weight excluding hydrogens is 452 g/mol. The summed E-state index contributed by atoms with van der Waals surface area (Å²) in [5, 5.41) is 29.9. The van der Waals surface area contributed by atoms with E-state index < -0.39 is 12.4 Å². The zero-order chi connectivity index (χ0) is 24.9. The highest BCUT2D eigenvalue weighted by molar-refractivity contribution is 5.56. The highest BCUT2D eigenvalue weighted by Gasteiger charge is 2.34. The minimum absolute atomic E-state index is 0.0314. The molecule has 1 heterocycles. The summed E-state index contributed by atoms with van der Waals surface area (Å²) in [7, 11) is 4.47. The van der Waals surface area contributed by atoms with Crippen LogP contribution in [0.4, 0.5) is 0 Å². The van der Waals surface area contributed by atoms with E-state index in [0.717, 1.165) is 16.7 Å². The summed E-state index contributed by atoms with van der Waals surface area (Å²) in [6.07, 6.45) is 2.50. The lowest BCUT2D eigenvalue weighted by molar-refractivity contribution is -0.199. The van der Waals surface area contributed by atoms with Crippen molar-refractivity contribution in [2.75, 3.05) is 27.9 Å². The maximum Gasteiger partial charge on any atom is 0.177 e. The Morgan fingerprint density at radius 3 is 1.91 bits per heavy atom. The zero-order valence-electron chi connectivity index (χ0n) is 19.7.